The lowest BCUT2D eigenvalue weighted by atomic mass is 10.2. The lowest BCUT2D eigenvalue weighted by molar-refractivity contribution is -0.114. The Labute approximate surface area is 138 Å². The van der Waals surface area contributed by atoms with Crippen LogP contribution in [0.25, 0.3) is 17.1 Å². The summed E-state index contributed by atoms with van der Waals surface area (Å²) in [7, 11) is 0. The molecule has 0 bridgehead atoms. The SMILES string of the molecule is CCC(=O)/C=C/c1cc2cc(C(=O)Nc3ccc(N)cc3)[nH]c2[nH]1. The van der Waals surface area contributed by atoms with Gasteiger partial charge in [0.15, 0.2) is 5.78 Å². The maximum Gasteiger partial charge on any atom is 0.272 e. The second kappa shape index (κ2) is 6.45. The molecule has 24 heavy (non-hydrogen) atoms. The predicted octanol–water partition coefficient (Wildman–Crippen LogP) is 3.32. The average molecular weight is 322 g/mol. The van der Waals surface area contributed by atoms with Crippen molar-refractivity contribution in [1.82, 2.24) is 9.97 Å². The first-order chi connectivity index (χ1) is 11.5. The number of nitrogens with two attached hydrogens (primary N) is 1. The number of aromatic amines is 2. The summed E-state index contributed by atoms with van der Waals surface area (Å²) in [5.74, 6) is -0.167. The first kappa shape index (κ1) is 15.6. The molecule has 0 fully saturated rings. The second-order valence-corrected chi connectivity index (χ2v) is 5.47. The number of aromatic nitrogens is 2. The molecule has 0 unspecified atom stereocenters. The van der Waals surface area contributed by atoms with Gasteiger partial charge in [0, 0.05) is 28.9 Å². The molecule has 0 aliphatic rings. The van der Waals surface area contributed by atoms with Gasteiger partial charge in [-0.15, -0.1) is 0 Å². The molecule has 6 heteroatoms. The summed E-state index contributed by atoms with van der Waals surface area (Å²) in [6, 6.07) is 10.6. The molecule has 6 nitrogen and oxygen atoms in total. The Morgan fingerprint density at radius 2 is 1.92 bits per heavy atom. The molecule has 2 heterocycles. The van der Waals surface area contributed by atoms with Crippen molar-refractivity contribution < 1.29 is 9.59 Å². The van der Waals surface area contributed by atoms with Crippen molar-refractivity contribution in [3.63, 3.8) is 0 Å². The van der Waals surface area contributed by atoms with Gasteiger partial charge in [-0.05, 0) is 48.6 Å². The molecule has 5 N–H and O–H groups in total. The van der Waals surface area contributed by atoms with Crippen LogP contribution in [0, 0.1) is 0 Å². The Morgan fingerprint density at radius 1 is 1.17 bits per heavy atom. The Balaban J connectivity index is 1.75. The molecule has 0 radical (unpaired) electrons. The maximum absolute atomic E-state index is 12.3. The van der Waals surface area contributed by atoms with E-state index in [-0.39, 0.29) is 11.7 Å². The Hall–Kier alpha value is -3.28. The molecular formula is C18H18N4O2. The molecule has 2 aromatic heterocycles. The molecular weight excluding hydrogens is 304 g/mol. The Morgan fingerprint density at radius 3 is 2.58 bits per heavy atom. The van der Waals surface area contributed by atoms with E-state index in [0.717, 1.165) is 16.7 Å². The number of carbonyl (C=O) groups is 2. The standard InChI is InChI=1S/C18H18N4O2/c1-2-15(23)8-7-14-9-11-10-16(22-17(11)20-14)18(24)21-13-5-3-12(19)4-6-13/h3-10,20,22H,2,19H2,1H3,(H,21,24)/b8-7+. The van der Waals surface area contributed by atoms with Gasteiger partial charge in [0.25, 0.3) is 5.91 Å². The maximum atomic E-state index is 12.3. The number of ketones is 1. The number of amides is 1. The van der Waals surface area contributed by atoms with Gasteiger partial charge in [0.1, 0.15) is 11.3 Å². The van der Waals surface area contributed by atoms with Gasteiger partial charge < -0.3 is 21.0 Å². The monoisotopic (exact) mass is 322 g/mol. The van der Waals surface area contributed by atoms with Gasteiger partial charge in [-0.2, -0.15) is 0 Å². The van der Waals surface area contributed by atoms with E-state index in [1.54, 1.807) is 42.5 Å². The van der Waals surface area contributed by atoms with Crippen LogP contribution in [-0.2, 0) is 4.79 Å². The van der Waals surface area contributed by atoms with Crippen LogP contribution in [0.15, 0.2) is 42.5 Å². The third-order valence-electron chi connectivity index (χ3n) is 3.64. The van der Waals surface area contributed by atoms with Gasteiger partial charge in [-0.3, -0.25) is 9.59 Å². The lowest BCUT2D eigenvalue weighted by Crippen LogP contribution is -2.12. The molecule has 0 spiro atoms. The van der Waals surface area contributed by atoms with Gasteiger partial charge in [-0.1, -0.05) is 6.92 Å². The van der Waals surface area contributed by atoms with Crippen molar-refractivity contribution >= 4 is 40.2 Å². The van der Waals surface area contributed by atoms with Crippen LogP contribution >= 0.6 is 0 Å². The molecule has 122 valence electrons. The number of H-pyrrole nitrogens is 2. The molecule has 3 aromatic rings. The highest BCUT2D eigenvalue weighted by molar-refractivity contribution is 6.06. The van der Waals surface area contributed by atoms with Crippen molar-refractivity contribution in [3.05, 3.63) is 53.9 Å². The molecule has 1 amide bonds. The third-order valence-corrected chi connectivity index (χ3v) is 3.64. The third kappa shape index (κ3) is 3.38. The van der Waals surface area contributed by atoms with Crippen LogP contribution in [0.5, 0.6) is 0 Å². The van der Waals surface area contributed by atoms with E-state index < -0.39 is 0 Å². The first-order valence-electron chi connectivity index (χ1n) is 7.64. The van der Waals surface area contributed by atoms with E-state index in [4.69, 9.17) is 5.73 Å². The topological polar surface area (TPSA) is 104 Å². The molecule has 0 atom stereocenters. The number of anilines is 2. The number of hydrogen-bond acceptors (Lipinski definition) is 3. The zero-order valence-corrected chi connectivity index (χ0v) is 13.2. The molecule has 0 aliphatic carbocycles. The van der Waals surface area contributed by atoms with Crippen LogP contribution in [0.1, 0.15) is 29.5 Å². The van der Waals surface area contributed by atoms with Crippen molar-refractivity contribution in [2.24, 2.45) is 0 Å². The number of nitrogens with one attached hydrogen (secondary N) is 3. The zero-order valence-electron chi connectivity index (χ0n) is 13.2. The van der Waals surface area contributed by atoms with E-state index in [0.29, 0.717) is 23.5 Å². The van der Waals surface area contributed by atoms with Gasteiger partial charge in [0.2, 0.25) is 0 Å². The number of fused-ring (bicyclic) bond motifs is 1. The van der Waals surface area contributed by atoms with Crippen LogP contribution in [0.2, 0.25) is 0 Å². The second-order valence-electron chi connectivity index (χ2n) is 5.47. The van der Waals surface area contributed by atoms with Gasteiger partial charge >= 0.3 is 0 Å². The number of hydrogen-bond donors (Lipinski definition) is 4. The lowest BCUT2D eigenvalue weighted by Gasteiger charge is -2.03. The summed E-state index contributed by atoms with van der Waals surface area (Å²) in [6.07, 6.45) is 3.75. The zero-order chi connectivity index (χ0) is 17.1. The highest BCUT2D eigenvalue weighted by Gasteiger charge is 2.11. The highest BCUT2D eigenvalue weighted by atomic mass is 16.2. The molecule has 1 aromatic carbocycles. The van der Waals surface area contributed by atoms with Crippen LogP contribution < -0.4 is 11.1 Å². The van der Waals surface area contributed by atoms with Crippen molar-refractivity contribution in [1.29, 1.82) is 0 Å². The number of benzene rings is 1. The van der Waals surface area contributed by atoms with Gasteiger partial charge in [-0.25, -0.2) is 0 Å². The summed E-state index contributed by atoms with van der Waals surface area (Å²) in [4.78, 5) is 29.7. The van der Waals surface area contributed by atoms with Crippen molar-refractivity contribution in [2.75, 3.05) is 11.1 Å². The summed E-state index contributed by atoms with van der Waals surface area (Å²) >= 11 is 0. The minimum atomic E-state index is -0.234. The van der Waals surface area contributed by atoms with E-state index >= 15 is 0 Å². The molecule has 0 aliphatic heterocycles. The number of carbonyl (C=O) groups excluding carboxylic acids is 2. The number of rotatable bonds is 5. The molecule has 3 rings (SSSR count). The minimum Gasteiger partial charge on any atom is -0.399 e. The fraction of sp³-hybridized carbons (Fsp3) is 0.111. The minimum absolute atomic E-state index is 0.0665. The van der Waals surface area contributed by atoms with Crippen molar-refractivity contribution in [2.45, 2.75) is 13.3 Å². The van der Waals surface area contributed by atoms with Crippen LogP contribution in [0.3, 0.4) is 0 Å². The molecule has 0 saturated heterocycles. The summed E-state index contributed by atoms with van der Waals surface area (Å²) in [5.41, 5.74) is 8.94. The highest BCUT2D eigenvalue weighted by Crippen LogP contribution is 2.19. The molecule has 0 saturated carbocycles. The van der Waals surface area contributed by atoms with Crippen molar-refractivity contribution in [3.8, 4) is 0 Å². The summed E-state index contributed by atoms with van der Waals surface area (Å²) < 4.78 is 0. The smallest absolute Gasteiger partial charge is 0.272 e. The fourth-order valence-corrected chi connectivity index (χ4v) is 2.31. The average Bonchev–Trinajstić information content (AvgIpc) is 3.13. The number of nitrogen functional groups attached to an aromatic ring is 1. The van der Waals surface area contributed by atoms with E-state index in [1.165, 1.54) is 0 Å². The Bertz CT molecular complexity index is 885. The van der Waals surface area contributed by atoms with Crippen LogP contribution in [0.4, 0.5) is 11.4 Å². The quantitative estimate of drug-likeness (QED) is 0.428. The van der Waals surface area contributed by atoms with E-state index in [1.807, 2.05) is 13.0 Å². The summed E-state index contributed by atoms with van der Waals surface area (Å²) in [5, 5.41) is 3.68. The van der Waals surface area contributed by atoms with Gasteiger partial charge in [0.05, 0.1) is 0 Å². The predicted molar refractivity (Wildman–Crippen MR) is 95.8 cm³/mol. The normalized spacial score (nSPS) is 11.2. The largest absolute Gasteiger partial charge is 0.399 e. The number of allylic oxidation sites excluding steroid dienone is 1. The fourth-order valence-electron chi connectivity index (χ4n) is 2.31. The van der Waals surface area contributed by atoms with Crippen LogP contribution in [-0.4, -0.2) is 21.7 Å². The summed E-state index contributed by atoms with van der Waals surface area (Å²) in [6.45, 7) is 1.82. The van der Waals surface area contributed by atoms with E-state index in [2.05, 4.69) is 15.3 Å². The first-order valence-corrected chi connectivity index (χ1v) is 7.64. The Kier molecular flexibility index (Phi) is 4.20. The van der Waals surface area contributed by atoms with E-state index in [9.17, 15) is 9.59 Å².